The predicted molar refractivity (Wildman–Crippen MR) is 81.5 cm³/mol. The maximum absolute atomic E-state index is 11.1. The largest absolute Gasteiger partial charge is 0.325 e. The molecule has 1 heterocycles. The molecule has 0 bridgehead atoms. The molecule has 1 amide bonds. The number of hydrogen-bond acceptors (Lipinski definition) is 3. The molecule has 3 nitrogen and oxygen atoms in total. The molecule has 0 radical (unpaired) electrons. The van der Waals surface area contributed by atoms with Gasteiger partial charge in [-0.1, -0.05) is 19.8 Å². The molecule has 4 heteroatoms. The number of hydrogen-bond donors (Lipinski definition) is 2. The van der Waals surface area contributed by atoms with E-state index in [4.69, 9.17) is 0 Å². The molecule has 2 N–H and O–H groups in total. The molecule has 1 aliphatic rings. The maximum Gasteiger partial charge on any atom is 0.221 e. The minimum absolute atomic E-state index is 0.00272. The summed E-state index contributed by atoms with van der Waals surface area (Å²) in [6.07, 6.45) is 6.60. The summed E-state index contributed by atoms with van der Waals surface area (Å²) >= 11 is 1.71. The van der Waals surface area contributed by atoms with Crippen LogP contribution in [0.15, 0.2) is 11.4 Å². The zero-order valence-electron chi connectivity index (χ0n) is 11.9. The summed E-state index contributed by atoms with van der Waals surface area (Å²) in [5, 5.41) is 8.59. The van der Waals surface area contributed by atoms with Gasteiger partial charge in [0.05, 0.1) is 5.69 Å². The van der Waals surface area contributed by atoms with Gasteiger partial charge in [0.1, 0.15) is 0 Å². The van der Waals surface area contributed by atoms with Gasteiger partial charge in [0.2, 0.25) is 5.91 Å². The van der Waals surface area contributed by atoms with E-state index in [-0.39, 0.29) is 5.91 Å². The highest BCUT2D eigenvalue weighted by Crippen LogP contribution is 2.25. The topological polar surface area (TPSA) is 41.1 Å². The maximum atomic E-state index is 11.1. The summed E-state index contributed by atoms with van der Waals surface area (Å²) < 4.78 is 0. The van der Waals surface area contributed by atoms with Crippen LogP contribution < -0.4 is 10.6 Å². The molecular formula is C15H24N2OS. The monoisotopic (exact) mass is 280 g/mol. The molecule has 0 aromatic carbocycles. The highest BCUT2D eigenvalue weighted by Gasteiger charge is 2.16. The summed E-state index contributed by atoms with van der Waals surface area (Å²) in [5.41, 5.74) is 0.965. The fourth-order valence-electron chi connectivity index (χ4n) is 2.71. The van der Waals surface area contributed by atoms with Crippen LogP contribution in [0.4, 0.5) is 5.69 Å². The third-order valence-corrected chi connectivity index (χ3v) is 4.79. The third-order valence-electron chi connectivity index (χ3n) is 3.86. The Morgan fingerprint density at radius 1 is 1.37 bits per heavy atom. The molecule has 106 valence electrons. The Bertz CT molecular complexity index is 416. The molecule has 1 aromatic heterocycles. The average Bonchev–Trinajstić information content (AvgIpc) is 2.67. The molecule has 1 aliphatic carbocycles. The van der Waals surface area contributed by atoms with Crippen molar-refractivity contribution in [2.75, 3.05) is 5.32 Å². The van der Waals surface area contributed by atoms with Gasteiger partial charge >= 0.3 is 0 Å². The Morgan fingerprint density at radius 2 is 2.21 bits per heavy atom. The lowest BCUT2D eigenvalue weighted by atomic mass is 10.0. The fraction of sp³-hybridized carbons (Fsp3) is 0.667. The standard InChI is InChI=1S/C15H24N2OS/c1-11-4-3-5-13(7-6-11)16-10-15-14(8-9-19-15)17-12(2)18/h8-9,11,13,16H,3-7,10H2,1-2H3,(H,17,18). The van der Waals surface area contributed by atoms with E-state index in [2.05, 4.69) is 17.6 Å². The average molecular weight is 280 g/mol. The number of anilines is 1. The Kier molecular flexibility index (Phi) is 5.40. The first-order chi connectivity index (χ1) is 9.15. The second-order valence-corrected chi connectivity index (χ2v) is 6.63. The number of nitrogens with one attached hydrogen (secondary N) is 2. The van der Waals surface area contributed by atoms with Gasteiger partial charge in [-0.25, -0.2) is 0 Å². The van der Waals surface area contributed by atoms with E-state index < -0.39 is 0 Å². The SMILES string of the molecule is CC(=O)Nc1ccsc1CNC1CCCC(C)CC1. The van der Waals surface area contributed by atoms with Crippen molar-refractivity contribution in [3.63, 3.8) is 0 Å². The van der Waals surface area contributed by atoms with Crippen molar-refractivity contribution < 1.29 is 4.79 Å². The van der Waals surface area contributed by atoms with E-state index in [9.17, 15) is 4.79 Å². The Labute approximate surface area is 119 Å². The van der Waals surface area contributed by atoms with Gasteiger partial charge in [0.25, 0.3) is 0 Å². The Hall–Kier alpha value is -0.870. The minimum atomic E-state index is 0.00272. The van der Waals surface area contributed by atoms with E-state index in [1.54, 1.807) is 18.3 Å². The molecule has 1 saturated carbocycles. The molecule has 19 heavy (non-hydrogen) atoms. The molecule has 0 saturated heterocycles. The number of carbonyl (C=O) groups is 1. The molecule has 0 aliphatic heterocycles. The molecule has 0 spiro atoms. The van der Waals surface area contributed by atoms with Crippen LogP contribution in [-0.4, -0.2) is 11.9 Å². The van der Waals surface area contributed by atoms with Gasteiger partial charge in [-0.15, -0.1) is 11.3 Å². The van der Waals surface area contributed by atoms with E-state index in [0.717, 1.165) is 18.2 Å². The van der Waals surface area contributed by atoms with Crippen molar-refractivity contribution in [2.45, 2.75) is 58.5 Å². The predicted octanol–water partition coefficient (Wildman–Crippen LogP) is 3.76. The summed E-state index contributed by atoms with van der Waals surface area (Å²) in [7, 11) is 0. The second kappa shape index (κ2) is 7.06. The van der Waals surface area contributed by atoms with Crippen molar-refractivity contribution in [3.8, 4) is 0 Å². The van der Waals surface area contributed by atoms with E-state index in [1.165, 1.54) is 37.0 Å². The third kappa shape index (κ3) is 4.62. The normalized spacial score (nSPS) is 23.9. The number of carbonyl (C=O) groups excluding carboxylic acids is 1. The molecule has 1 fully saturated rings. The van der Waals surface area contributed by atoms with Crippen molar-refractivity contribution in [1.29, 1.82) is 0 Å². The summed E-state index contributed by atoms with van der Waals surface area (Å²) in [4.78, 5) is 12.4. The van der Waals surface area contributed by atoms with Gasteiger partial charge in [0.15, 0.2) is 0 Å². The summed E-state index contributed by atoms with van der Waals surface area (Å²) in [6.45, 7) is 4.78. The van der Waals surface area contributed by atoms with Crippen molar-refractivity contribution in [2.24, 2.45) is 5.92 Å². The van der Waals surface area contributed by atoms with Gasteiger partial charge in [-0.2, -0.15) is 0 Å². The van der Waals surface area contributed by atoms with Gasteiger partial charge in [0, 0.05) is 24.4 Å². The molecule has 2 atom stereocenters. The Morgan fingerprint density at radius 3 is 3.00 bits per heavy atom. The van der Waals surface area contributed by atoms with Crippen LogP contribution in [0, 0.1) is 5.92 Å². The highest BCUT2D eigenvalue weighted by molar-refractivity contribution is 7.10. The van der Waals surface area contributed by atoms with Gasteiger partial charge < -0.3 is 10.6 Å². The van der Waals surface area contributed by atoms with Crippen LogP contribution in [0.5, 0.6) is 0 Å². The first kappa shape index (κ1) is 14.5. The summed E-state index contributed by atoms with van der Waals surface area (Å²) in [6, 6.07) is 2.62. The quantitative estimate of drug-likeness (QED) is 0.824. The number of amides is 1. The van der Waals surface area contributed by atoms with Crippen LogP contribution >= 0.6 is 11.3 Å². The molecule has 1 aromatic rings. The highest BCUT2D eigenvalue weighted by atomic mass is 32.1. The smallest absolute Gasteiger partial charge is 0.221 e. The molecule has 2 unspecified atom stereocenters. The lowest BCUT2D eigenvalue weighted by molar-refractivity contribution is -0.114. The van der Waals surface area contributed by atoms with Crippen molar-refractivity contribution in [3.05, 3.63) is 16.3 Å². The second-order valence-electron chi connectivity index (χ2n) is 5.63. The van der Waals surface area contributed by atoms with Crippen LogP contribution in [-0.2, 0) is 11.3 Å². The first-order valence-corrected chi connectivity index (χ1v) is 8.10. The number of thiophene rings is 1. The lowest BCUT2D eigenvalue weighted by Crippen LogP contribution is -2.28. The van der Waals surface area contributed by atoms with Crippen LogP contribution in [0.1, 0.15) is 50.8 Å². The van der Waals surface area contributed by atoms with E-state index >= 15 is 0 Å². The van der Waals surface area contributed by atoms with Crippen LogP contribution in [0.2, 0.25) is 0 Å². The van der Waals surface area contributed by atoms with Crippen molar-refractivity contribution >= 4 is 22.9 Å². The first-order valence-electron chi connectivity index (χ1n) is 7.22. The Balaban J connectivity index is 1.84. The zero-order valence-corrected chi connectivity index (χ0v) is 12.7. The number of rotatable bonds is 4. The van der Waals surface area contributed by atoms with Crippen LogP contribution in [0.25, 0.3) is 0 Å². The molecular weight excluding hydrogens is 256 g/mol. The van der Waals surface area contributed by atoms with Crippen LogP contribution in [0.3, 0.4) is 0 Å². The fourth-order valence-corrected chi connectivity index (χ4v) is 3.49. The van der Waals surface area contributed by atoms with E-state index in [0.29, 0.717) is 6.04 Å². The zero-order chi connectivity index (χ0) is 13.7. The summed E-state index contributed by atoms with van der Waals surface area (Å²) in [5.74, 6) is 0.881. The minimum Gasteiger partial charge on any atom is -0.325 e. The van der Waals surface area contributed by atoms with Gasteiger partial charge in [-0.3, -0.25) is 4.79 Å². The van der Waals surface area contributed by atoms with Gasteiger partial charge in [-0.05, 0) is 36.6 Å². The lowest BCUT2D eigenvalue weighted by Gasteiger charge is -2.16. The van der Waals surface area contributed by atoms with Crippen molar-refractivity contribution in [1.82, 2.24) is 5.32 Å². The molecule has 2 rings (SSSR count). The van der Waals surface area contributed by atoms with E-state index in [1.807, 2.05) is 11.4 Å².